The number of allylic oxidation sites excluding steroid dienone is 1. The minimum absolute atomic E-state index is 0.0508. The number of hydrogen-bond donors (Lipinski definition) is 0. The average molecular weight is 334 g/mol. The van der Waals surface area contributed by atoms with Crippen LogP contribution in [0.5, 0.6) is 0 Å². The summed E-state index contributed by atoms with van der Waals surface area (Å²) in [4.78, 5) is 16.2. The number of nitrogens with zero attached hydrogens (tertiary/aromatic N) is 4. The summed E-state index contributed by atoms with van der Waals surface area (Å²) in [5.74, 6) is 0.980. The summed E-state index contributed by atoms with van der Waals surface area (Å²) in [5.41, 5.74) is 3.79. The number of hydrogen-bond acceptors (Lipinski definition) is 3. The van der Waals surface area contributed by atoms with Gasteiger partial charge in [0.2, 0.25) is 0 Å². The van der Waals surface area contributed by atoms with Gasteiger partial charge in [-0.1, -0.05) is 0 Å². The molecule has 5 nitrogen and oxygen atoms in total. The smallest absolute Gasteiger partial charge is 0.187 e. The molecule has 0 aromatic carbocycles. The van der Waals surface area contributed by atoms with E-state index in [1.807, 2.05) is 23.0 Å². The van der Waals surface area contributed by atoms with Crippen LogP contribution in [-0.2, 0) is 0 Å². The van der Waals surface area contributed by atoms with Crippen molar-refractivity contribution < 1.29 is 4.79 Å². The normalized spacial score (nSPS) is 11.6. The molecule has 0 fully saturated rings. The lowest BCUT2D eigenvalue weighted by Gasteiger charge is -2.15. The van der Waals surface area contributed by atoms with E-state index in [4.69, 9.17) is 0 Å². The van der Waals surface area contributed by atoms with Crippen LogP contribution in [0.1, 0.15) is 47.2 Å². The summed E-state index contributed by atoms with van der Waals surface area (Å²) < 4.78 is 4.16. The number of aromatic nitrogens is 4. The topological polar surface area (TPSA) is 52.7 Å². The Morgan fingerprint density at radius 2 is 2.00 bits per heavy atom. The second kappa shape index (κ2) is 6.89. The van der Waals surface area contributed by atoms with E-state index in [1.54, 1.807) is 30.6 Å². The van der Waals surface area contributed by atoms with E-state index in [0.29, 0.717) is 5.56 Å². The Morgan fingerprint density at radius 3 is 2.68 bits per heavy atom. The first kappa shape index (κ1) is 16.9. The quantitative estimate of drug-likeness (QED) is 0.520. The van der Waals surface area contributed by atoms with Gasteiger partial charge in [0.15, 0.2) is 5.78 Å². The lowest BCUT2D eigenvalue weighted by atomic mass is 10.1. The SMILES string of the molecule is Cc1cc(/C=C/C(=O)c2cccnc2)c(C)n1-c1ccnn1C(C)C. The summed E-state index contributed by atoms with van der Waals surface area (Å²) in [6.45, 7) is 8.33. The molecule has 3 heterocycles. The second-order valence-corrected chi connectivity index (χ2v) is 6.33. The molecule has 0 aliphatic rings. The highest BCUT2D eigenvalue weighted by Crippen LogP contribution is 2.23. The van der Waals surface area contributed by atoms with Crippen LogP contribution in [0, 0.1) is 13.8 Å². The van der Waals surface area contributed by atoms with Crippen molar-refractivity contribution in [1.82, 2.24) is 19.3 Å². The first-order valence-electron chi connectivity index (χ1n) is 8.34. The van der Waals surface area contributed by atoms with E-state index >= 15 is 0 Å². The molecule has 3 aromatic heterocycles. The molecular weight excluding hydrogens is 312 g/mol. The van der Waals surface area contributed by atoms with E-state index in [0.717, 1.165) is 22.8 Å². The number of carbonyl (C=O) groups excluding carboxylic acids is 1. The van der Waals surface area contributed by atoms with Crippen molar-refractivity contribution in [2.45, 2.75) is 33.7 Å². The lowest BCUT2D eigenvalue weighted by Crippen LogP contribution is -2.11. The standard InChI is InChI=1S/C20H22N4O/c1-14(2)24-20(9-11-22-24)23-15(3)12-17(16(23)4)7-8-19(25)18-6-5-10-21-13-18/h5-14H,1-4H3/b8-7+. The zero-order valence-electron chi connectivity index (χ0n) is 15.0. The molecule has 128 valence electrons. The van der Waals surface area contributed by atoms with Gasteiger partial charge in [0.1, 0.15) is 5.82 Å². The monoisotopic (exact) mass is 334 g/mol. The third-order valence-electron chi connectivity index (χ3n) is 4.20. The number of pyridine rings is 1. The summed E-state index contributed by atoms with van der Waals surface area (Å²) in [6, 6.07) is 7.90. The van der Waals surface area contributed by atoms with Crippen molar-refractivity contribution in [3.05, 3.63) is 71.4 Å². The molecule has 0 aliphatic heterocycles. The molecule has 0 amide bonds. The first-order chi connectivity index (χ1) is 12.0. The van der Waals surface area contributed by atoms with Crippen molar-refractivity contribution in [3.63, 3.8) is 0 Å². The summed E-state index contributed by atoms with van der Waals surface area (Å²) in [6.07, 6.45) is 8.52. The molecule has 0 bridgehead atoms. The van der Waals surface area contributed by atoms with Gasteiger partial charge in [0.05, 0.1) is 6.20 Å². The van der Waals surface area contributed by atoms with Gasteiger partial charge >= 0.3 is 0 Å². The number of aryl methyl sites for hydroxylation is 1. The van der Waals surface area contributed by atoms with E-state index in [-0.39, 0.29) is 11.8 Å². The average Bonchev–Trinajstić information content (AvgIpc) is 3.18. The molecule has 3 aromatic rings. The summed E-state index contributed by atoms with van der Waals surface area (Å²) in [5, 5.41) is 4.41. The highest BCUT2D eigenvalue weighted by atomic mass is 16.1. The molecule has 25 heavy (non-hydrogen) atoms. The third-order valence-corrected chi connectivity index (χ3v) is 4.20. The fraction of sp³-hybridized carbons (Fsp3) is 0.250. The van der Waals surface area contributed by atoms with Gasteiger partial charge in [0, 0.05) is 41.5 Å². The van der Waals surface area contributed by atoms with Crippen LogP contribution in [0.25, 0.3) is 11.9 Å². The Hall–Kier alpha value is -2.95. The predicted molar refractivity (Wildman–Crippen MR) is 99.0 cm³/mol. The van der Waals surface area contributed by atoms with Crippen LogP contribution in [0.2, 0.25) is 0 Å². The van der Waals surface area contributed by atoms with Crippen LogP contribution >= 0.6 is 0 Å². The lowest BCUT2D eigenvalue weighted by molar-refractivity contribution is 0.104. The van der Waals surface area contributed by atoms with Gasteiger partial charge in [0.25, 0.3) is 0 Å². The van der Waals surface area contributed by atoms with E-state index in [2.05, 4.69) is 48.4 Å². The minimum Gasteiger partial charge on any atom is -0.303 e. The van der Waals surface area contributed by atoms with Gasteiger partial charge in [-0.15, -0.1) is 0 Å². The Balaban J connectivity index is 1.94. The third kappa shape index (κ3) is 3.31. The van der Waals surface area contributed by atoms with Gasteiger partial charge in [-0.25, -0.2) is 4.68 Å². The summed E-state index contributed by atoms with van der Waals surface area (Å²) in [7, 11) is 0. The van der Waals surface area contributed by atoms with Crippen LogP contribution in [0.3, 0.4) is 0 Å². The molecular formula is C20H22N4O. The Bertz CT molecular complexity index is 917. The van der Waals surface area contributed by atoms with Gasteiger partial charge in [-0.2, -0.15) is 5.10 Å². The van der Waals surface area contributed by atoms with Crippen LogP contribution in [-0.4, -0.2) is 25.1 Å². The number of carbonyl (C=O) groups is 1. The van der Waals surface area contributed by atoms with Crippen LogP contribution in [0.4, 0.5) is 0 Å². The minimum atomic E-state index is -0.0508. The highest BCUT2D eigenvalue weighted by Gasteiger charge is 2.14. The molecule has 0 radical (unpaired) electrons. The maximum Gasteiger partial charge on any atom is 0.187 e. The Kier molecular flexibility index (Phi) is 4.65. The predicted octanol–water partition coefficient (Wildman–Crippen LogP) is 4.16. The zero-order chi connectivity index (χ0) is 18.0. The molecule has 3 rings (SSSR count). The zero-order valence-corrected chi connectivity index (χ0v) is 15.0. The van der Waals surface area contributed by atoms with Gasteiger partial charge in [-0.05, 0) is 63.6 Å². The maximum atomic E-state index is 12.2. The first-order valence-corrected chi connectivity index (χ1v) is 8.34. The molecule has 5 heteroatoms. The molecule has 0 atom stereocenters. The van der Waals surface area contributed by atoms with Crippen molar-refractivity contribution in [2.24, 2.45) is 0 Å². The van der Waals surface area contributed by atoms with Gasteiger partial charge < -0.3 is 4.57 Å². The van der Waals surface area contributed by atoms with Crippen molar-refractivity contribution in [2.75, 3.05) is 0 Å². The number of ketones is 1. The van der Waals surface area contributed by atoms with E-state index in [9.17, 15) is 4.79 Å². The highest BCUT2D eigenvalue weighted by molar-refractivity contribution is 6.06. The van der Waals surface area contributed by atoms with E-state index < -0.39 is 0 Å². The van der Waals surface area contributed by atoms with Crippen molar-refractivity contribution >= 4 is 11.9 Å². The molecule has 0 spiro atoms. The van der Waals surface area contributed by atoms with E-state index in [1.165, 1.54) is 0 Å². The van der Waals surface area contributed by atoms with Crippen LogP contribution in [0.15, 0.2) is 48.9 Å². The molecule has 0 N–H and O–H groups in total. The molecule has 0 saturated heterocycles. The van der Waals surface area contributed by atoms with Crippen LogP contribution < -0.4 is 0 Å². The maximum absolute atomic E-state index is 12.2. The largest absolute Gasteiger partial charge is 0.303 e. The molecule has 0 saturated carbocycles. The molecule has 0 unspecified atom stereocenters. The Labute approximate surface area is 147 Å². The van der Waals surface area contributed by atoms with Crippen molar-refractivity contribution in [3.8, 4) is 5.82 Å². The van der Waals surface area contributed by atoms with Gasteiger partial charge in [-0.3, -0.25) is 9.78 Å². The molecule has 0 aliphatic carbocycles. The Morgan fingerprint density at radius 1 is 1.20 bits per heavy atom. The fourth-order valence-electron chi connectivity index (χ4n) is 2.96. The van der Waals surface area contributed by atoms with Crippen molar-refractivity contribution in [1.29, 1.82) is 0 Å². The summed E-state index contributed by atoms with van der Waals surface area (Å²) >= 11 is 0. The second-order valence-electron chi connectivity index (χ2n) is 6.33. The fourth-order valence-corrected chi connectivity index (χ4v) is 2.96. The number of rotatable bonds is 5.